The first-order valence-corrected chi connectivity index (χ1v) is 5.53. The largest absolute Gasteiger partial charge is 0.394 e. The van der Waals surface area contributed by atoms with Gasteiger partial charge in [-0.2, -0.15) is 17.6 Å². The van der Waals surface area contributed by atoms with E-state index >= 15 is 0 Å². The van der Waals surface area contributed by atoms with Crippen LogP contribution in [0.4, 0.5) is 5.82 Å². The number of nitrogen functional groups attached to an aromatic ring is 1. The third-order valence-electron chi connectivity index (χ3n) is 2.64. The molecule has 94 valence electrons. The summed E-state index contributed by atoms with van der Waals surface area (Å²) in [6, 6.07) is 1.43. The highest BCUT2D eigenvalue weighted by Crippen LogP contribution is 2.31. The molecule has 2 rings (SSSR count). The lowest BCUT2D eigenvalue weighted by Gasteiger charge is -2.17. The smallest absolute Gasteiger partial charge is 0.351 e. The van der Waals surface area contributed by atoms with E-state index in [1.54, 1.807) is 0 Å². The number of ether oxygens (including phenoxy) is 1. The summed E-state index contributed by atoms with van der Waals surface area (Å²) in [5.41, 5.74) is 4.74. The molecule has 2 unspecified atom stereocenters. The number of aromatic nitrogens is 2. The third kappa shape index (κ3) is 2.16. The Morgan fingerprint density at radius 2 is 2.35 bits per heavy atom. The maximum absolute atomic E-state index is 11.6. The minimum Gasteiger partial charge on any atom is -0.394 e. The van der Waals surface area contributed by atoms with E-state index in [0.717, 1.165) is 4.57 Å². The zero-order chi connectivity index (χ0) is 12.6. The van der Waals surface area contributed by atoms with E-state index in [2.05, 4.69) is 17.6 Å². The molecule has 1 aliphatic rings. The van der Waals surface area contributed by atoms with Gasteiger partial charge >= 0.3 is 5.69 Å². The molecule has 0 bridgehead atoms. The van der Waals surface area contributed by atoms with E-state index in [0.29, 0.717) is 0 Å². The highest BCUT2D eigenvalue weighted by atomic mass is 32.1. The Kier molecular flexibility index (Phi) is 3.38. The van der Waals surface area contributed by atoms with Crippen molar-refractivity contribution in [3.63, 3.8) is 0 Å². The summed E-state index contributed by atoms with van der Waals surface area (Å²) in [6.07, 6.45) is -1.14. The number of hydrogen-bond acceptors (Lipinski definition) is 7. The molecule has 2 heterocycles. The molecule has 0 aliphatic carbocycles. The first-order chi connectivity index (χ1) is 8.04. The van der Waals surface area contributed by atoms with Crippen LogP contribution in [-0.4, -0.2) is 43.8 Å². The molecule has 1 aromatic rings. The fourth-order valence-electron chi connectivity index (χ4n) is 1.73. The zero-order valence-electron chi connectivity index (χ0n) is 8.80. The Morgan fingerprint density at radius 3 is 2.88 bits per heavy atom. The predicted molar refractivity (Wildman–Crippen MR) is 62.7 cm³/mol. The minimum absolute atomic E-state index is 0.0971. The van der Waals surface area contributed by atoms with E-state index in [4.69, 9.17) is 15.6 Å². The molecular formula is C9H13N3O4S. The van der Waals surface area contributed by atoms with Gasteiger partial charge in [0.25, 0.3) is 0 Å². The van der Waals surface area contributed by atoms with Gasteiger partial charge in [-0.1, -0.05) is 0 Å². The summed E-state index contributed by atoms with van der Waals surface area (Å²) in [5, 5.41) is 18.3. The number of anilines is 1. The van der Waals surface area contributed by atoms with Gasteiger partial charge in [0.15, 0.2) is 6.23 Å². The average Bonchev–Trinajstić information content (AvgIpc) is 2.57. The average molecular weight is 259 g/mol. The van der Waals surface area contributed by atoms with Crippen LogP contribution in [0.1, 0.15) is 6.23 Å². The van der Waals surface area contributed by atoms with Gasteiger partial charge in [-0.05, 0) is 6.07 Å². The van der Waals surface area contributed by atoms with E-state index in [-0.39, 0.29) is 12.4 Å². The molecule has 1 saturated heterocycles. The molecule has 0 amide bonds. The minimum atomic E-state index is -1.00. The second-order valence-corrected chi connectivity index (χ2v) is 4.37. The zero-order valence-corrected chi connectivity index (χ0v) is 9.70. The van der Waals surface area contributed by atoms with Crippen LogP contribution in [0.2, 0.25) is 0 Å². The van der Waals surface area contributed by atoms with Gasteiger partial charge < -0.3 is 20.7 Å². The topological polar surface area (TPSA) is 111 Å². The van der Waals surface area contributed by atoms with Crippen LogP contribution >= 0.6 is 12.6 Å². The molecule has 7 nitrogen and oxygen atoms in total. The van der Waals surface area contributed by atoms with Crippen LogP contribution in [0.3, 0.4) is 0 Å². The van der Waals surface area contributed by atoms with Gasteiger partial charge in [0.2, 0.25) is 0 Å². The van der Waals surface area contributed by atoms with Crippen LogP contribution in [0.15, 0.2) is 17.1 Å². The van der Waals surface area contributed by atoms with Crippen molar-refractivity contribution in [2.75, 3.05) is 12.3 Å². The standard InChI is InChI=1S/C9H13N3O4S/c10-5-1-2-12(9(15)11-5)8-6(14)7(17)4(3-13)16-8/h1-2,4,6-8,13-14,17H,3H2,(H2,10,11,15)/t4-,6?,7?,8-/m0/s1. The first-order valence-electron chi connectivity index (χ1n) is 5.01. The quantitative estimate of drug-likeness (QED) is 0.475. The van der Waals surface area contributed by atoms with Gasteiger partial charge in [0.05, 0.1) is 18.0 Å². The Morgan fingerprint density at radius 1 is 1.65 bits per heavy atom. The molecule has 0 radical (unpaired) electrons. The van der Waals surface area contributed by atoms with Crippen LogP contribution in [0.25, 0.3) is 0 Å². The van der Waals surface area contributed by atoms with Crippen molar-refractivity contribution in [2.45, 2.75) is 23.7 Å². The highest BCUT2D eigenvalue weighted by Gasteiger charge is 2.42. The summed E-state index contributed by atoms with van der Waals surface area (Å²) in [5.74, 6) is 0.0971. The lowest BCUT2D eigenvalue weighted by Crippen LogP contribution is -2.34. The molecule has 8 heteroatoms. The molecule has 0 spiro atoms. The Bertz CT molecular complexity index is 466. The van der Waals surface area contributed by atoms with Crippen molar-refractivity contribution in [3.8, 4) is 0 Å². The van der Waals surface area contributed by atoms with Gasteiger partial charge in [0.1, 0.15) is 11.9 Å². The van der Waals surface area contributed by atoms with Crippen molar-refractivity contribution in [1.29, 1.82) is 0 Å². The number of aliphatic hydroxyl groups is 2. The number of nitrogens with two attached hydrogens (primary N) is 1. The van der Waals surface area contributed by atoms with Gasteiger partial charge in [-0.15, -0.1) is 0 Å². The Labute approximate surface area is 102 Å². The maximum atomic E-state index is 11.6. The van der Waals surface area contributed by atoms with E-state index in [1.165, 1.54) is 12.3 Å². The fourth-order valence-corrected chi connectivity index (χ4v) is 2.04. The van der Waals surface area contributed by atoms with Crippen molar-refractivity contribution in [1.82, 2.24) is 9.55 Å². The predicted octanol–water partition coefficient (Wildman–Crippen LogP) is -1.63. The number of nitrogens with zero attached hydrogens (tertiary/aromatic N) is 2. The molecule has 4 N–H and O–H groups in total. The molecule has 1 fully saturated rings. The van der Waals surface area contributed by atoms with Crippen molar-refractivity contribution < 1.29 is 14.9 Å². The van der Waals surface area contributed by atoms with Crippen molar-refractivity contribution in [2.24, 2.45) is 0 Å². The van der Waals surface area contributed by atoms with Gasteiger partial charge in [0, 0.05) is 6.20 Å². The maximum Gasteiger partial charge on any atom is 0.351 e. The van der Waals surface area contributed by atoms with Crippen molar-refractivity contribution in [3.05, 3.63) is 22.7 Å². The van der Waals surface area contributed by atoms with Crippen molar-refractivity contribution >= 4 is 18.4 Å². The second-order valence-electron chi connectivity index (χ2n) is 3.77. The molecule has 0 aromatic carbocycles. The third-order valence-corrected chi connectivity index (χ3v) is 3.28. The molecule has 4 atom stereocenters. The SMILES string of the molecule is Nc1ccn([C@H]2O[C@@H](CO)C(S)C2O)c(=O)n1. The normalized spacial score (nSPS) is 32.9. The number of rotatable bonds is 2. The summed E-state index contributed by atoms with van der Waals surface area (Å²) in [6.45, 7) is -0.279. The number of hydrogen-bond donors (Lipinski definition) is 4. The molecule has 0 saturated carbocycles. The van der Waals surface area contributed by atoms with E-state index in [1.807, 2.05) is 0 Å². The van der Waals surface area contributed by atoms with E-state index in [9.17, 15) is 9.90 Å². The molecular weight excluding hydrogens is 246 g/mol. The summed E-state index contributed by atoms with van der Waals surface area (Å²) < 4.78 is 6.47. The van der Waals surface area contributed by atoms with Crippen LogP contribution < -0.4 is 11.4 Å². The van der Waals surface area contributed by atoms with Gasteiger partial charge in [-0.3, -0.25) is 4.57 Å². The number of aliphatic hydroxyl groups excluding tert-OH is 2. The summed E-state index contributed by atoms with van der Waals surface area (Å²) in [7, 11) is 0. The fraction of sp³-hybridized carbons (Fsp3) is 0.556. The molecule has 1 aromatic heterocycles. The van der Waals surface area contributed by atoms with Crippen LogP contribution in [-0.2, 0) is 4.74 Å². The lowest BCUT2D eigenvalue weighted by molar-refractivity contribution is -0.0529. The van der Waals surface area contributed by atoms with E-state index < -0.39 is 29.4 Å². The summed E-state index contributed by atoms with van der Waals surface area (Å²) in [4.78, 5) is 15.1. The number of thiol groups is 1. The first kappa shape index (κ1) is 12.4. The van der Waals surface area contributed by atoms with Crippen LogP contribution in [0, 0.1) is 0 Å². The summed E-state index contributed by atoms with van der Waals surface area (Å²) >= 11 is 4.13. The monoisotopic (exact) mass is 259 g/mol. The lowest BCUT2D eigenvalue weighted by atomic mass is 10.2. The Balaban J connectivity index is 2.32. The molecule has 17 heavy (non-hydrogen) atoms. The van der Waals surface area contributed by atoms with Gasteiger partial charge in [-0.25, -0.2) is 4.79 Å². The van der Waals surface area contributed by atoms with Crippen LogP contribution in [0.5, 0.6) is 0 Å². The highest BCUT2D eigenvalue weighted by molar-refractivity contribution is 7.81. The molecule has 1 aliphatic heterocycles. The Hall–Kier alpha value is -1.09. The second kappa shape index (κ2) is 4.65.